The van der Waals surface area contributed by atoms with Crippen LogP contribution in [-0.2, 0) is 11.3 Å². The van der Waals surface area contributed by atoms with Gasteiger partial charge in [-0.25, -0.2) is 0 Å². The van der Waals surface area contributed by atoms with Crippen molar-refractivity contribution in [3.8, 4) is 11.3 Å². The first kappa shape index (κ1) is 18.5. The molecule has 2 aromatic heterocycles. The summed E-state index contributed by atoms with van der Waals surface area (Å²) in [5, 5.41) is 7.29. The van der Waals surface area contributed by atoms with E-state index in [1.807, 2.05) is 35.2 Å². The van der Waals surface area contributed by atoms with E-state index < -0.39 is 0 Å². The highest BCUT2D eigenvalue weighted by Gasteiger charge is 2.21. The van der Waals surface area contributed by atoms with Crippen LogP contribution < -0.4 is 0 Å². The number of furan rings is 1. The minimum absolute atomic E-state index is 0.0396. The van der Waals surface area contributed by atoms with Crippen molar-refractivity contribution in [1.29, 1.82) is 0 Å². The molecule has 28 heavy (non-hydrogen) atoms. The van der Waals surface area contributed by atoms with Crippen LogP contribution in [0.1, 0.15) is 15.9 Å². The number of nitrogens with zero attached hydrogens (tertiary/aromatic N) is 3. The van der Waals surface area contributed by atoms with Crippen LogP contribution in [0, 0.1) is 0 Å². The number of rotatable bonds is 7. The van der Waals surface area contributed by atoms with Crippen molar-refractivity contribution in [3.63, 3.8) is 0 Å². The zero-order valence-electron chi connectivity index (χ0n) is 15.7. The second-order valence-corrected chi connectivity index (χ2v) is 6.83. The highest BCUT2D eigenvalue weighted by molar-refractivity contribution is 5.93. The topological polar surface area (TPSA) is 74.6 Å². The van der Waals surface area contributed by atoms with Crippen molar-refractivity contribution in [2.24, 2.45) is 0 Å². The lowest BCUT2D eigenvalue weighted by Gasteiger charge is -2.30. The van der Waals surface area contributed by atoms with Crippen LogP contribution in [0.2, 0.25) is 0 Å². The Bertz CT molecular complexity index is 870. The summed E-state index contributed by atoms with van der Waals surface area (Å²) in [5.41, 5.74) is 3.55. The van der Waals surface area contributed by atoms with Crippen molar-refractivity contribution < 1.29 is 13.9 Å². The van der Waals surface area contributed by atoms with Gasteiger partial charge in [-0.3, -0.25) is 14.8 Å². The fourth-order valence-electron chi connectivity index (χ4n) is 3.40. The van der Waals surface area contributed by atoms with Crippen LogP contribution in [-0.4, -0.2) is 65.3 Å². The van der Waals surface area contributed by atoms with Gasteiger partial charge < -0.3 is 14.1 Å². The zero-order valence-corrected chi connectivity index (χ0v) is 15.7. The molecule has 4 rings (SSSR count). The average molecular weight is 380 g/mol. The maximum Gasteiger partial charge on any atom is 0.257 e. The van der Waals surface area contributed by atoms with Gasteiger partial charge in [-0.1, -0.05) is 30.3 Å². The van der Waals surface area contributed by atoms with Crippen molar-refractivity contribution in [3.05, 3.63) is 66.2 Å². The van der Waals surface area contributed by atoms with Crippen molar-refractivity contribution in [2.75, 3.05) is 39.4 Å². The van der Waals surface area contributed by atoms with Crippen LogP contribution in [0.25, 0.3) is 11.3 Å². The monoisotopic (exact) mass is 380 g/mol. The Hall–Kier alpha value is -2.90. The maximum atomic E-state index is 13.0. The summed E-state index contributed by atoms with van der Waals surface area (Å²) in [4.78, 5) is 17.2. The van der Waals surface area contributed by atoms with E-state index in [2.05, 4.69) is 15.1 Å². The molecule has 7 heteroatoms. The van der Waals surface area contributed by atoms with Gasteiger partial charge in [0.05, 0.1) is 36.9 Å². The van der Waals surface area contributed by atoms with E-state index in [4.69, 9.17) is 9.15 Å². The Morgan fingerprint density at radius 1 is 1.18 bits per heavy atom. The molecule has 1 N–H and O–H groups in total. The van der Waals surface area contributed by atoms with E-state index in [1.165, 1.54) is 12.5 Å². The van der Waals surface area contributed by atoms with E-state index in [9.17, 15) is 4.79 Å². The third-order valence-corrected chi connectivity index (χ3v) is 4.99. The number of hydrogen-bond acceptors (Lipinski definition) is 5. The molecular formula is C21H24N4O3. The lowest BCUT2D eigenvalue weighted by atomic mass is 10.1. The molecule has 0 atom stereocenters. The number of nitrogens with one attached hydrogen (secondary N) is 1. The van der Waals surface area contributed by atoms with Gasteiger partial charge in [0, 0.05) is 38.3 Å². The van der Waals surface area contributed by atoms with Crippen molar-refractivity contribution >= 4 is 5.91 Å². The first-order valence-corrected chi connectivity index (χ1v) is 9.50. The van der Waals surface area contributed by atoms with Crippen LogP contribution >= 0.6 is 0 Å². The molecule has 0 bridgehead atoms. The Balaban J connectivity index is 1.52. The minimum atomic E-state index is -0.0396. The molecule has 1 amide bonds. The largest absolute Gasteiger partial charge is 0.472 e. The fraction of sp³-hybridized carbons (Fsp3) is 0.333. The molecule has 3 heterocycles. The van der Waals surface area contributed by atoms with Gasteiger partial charge in [-0.15, -0.1) is 0 Å². The van der Waals surface area contributed by atoms with E-state index in [0.29, 0.717) is 18.7 Å². The molecular weight excluding hydrogens is 356 g/mol. The summed E-state index contributed by atoms with van der Waals surface area (Å²) in [7, 11) is 0. The normalized spacial score (nSPS) is 14.9. The molecule has 0 aliphatic carbocycles. The van der Waals surface area contributed by atoms with E-state index >= 15 is 0 Å². The van der Waals surface area contributed by atoms with Gasteiger partial charge in [-0.2, -0.15) is 5.10 Å². The van der Waals surface area contributed by atoms with Gasteiger partial charge in [-0.05, 0) is 11.6 Å². The highest BCUT2D eigenvalue weighted by atomic mass is 16.5. The second-order valence-electron chi connectivity index (χ2n) is 6.83. The van der Waals surface area contributed by atoms with Crippen molar-refractivity contribution in [2.45, 2.75) is 6.54 Å². The summed E-state index contributed by atoms with van der Waals surface area (Å²) in [6.07, 6.45) is 4.82. The predicted octanol–water partition coefficient (Wildman–Crippen LogP) is 2.64. The van der Waals surface area contributed by atoms with Crippen LogP contribution in [0.4, 0.5) is 0 Å². The van der Waals surface area contributed by atoms with Gasteiger partial charge in [0.15, 0.2) is 0 Å². The molecule has 1 aliphatic heterocycles. The summed E-state index contributed by atoms with van der Waals surface area (Å²) in [6, 6.07) is 11.7. The van der Waals surface area contributed by atoms with Crippen molar-refractivity contribution in [1.82, 2.24) is 20.0 Å². The van der Waals surface area contributed by atoms with Crippen LogP contribution in [0.3, 0.4) is 0 Å². The Morgan fingerprint density at radius 3 is 2.75 bits per heavy atom. The van der Waals surface area contributed by atoms with Gasteiger partial charge >= 0.3 is 0 Å². The molecule has 0 unspecified atom stereocenters. The molecule has 1 aromatic carbocycles. The Labute approximate surface area is 163 Å². The lowest BCUT2D eigenvalue weighted by molar-refractivity contribution is 0.0320. The number of aromatic nitrogens is 2. The van der Waals surface area contributed by atoms with E-state index in [1.54, 1.807) is 12.3 Å². The minimum Gasteiger partial charge on any atom is -0.472 e. The number of ether oxygens (including phenoxy) is 1. The van der Waals surface area contributed by atoms with Gasteiger partial charge in [0.25, 0.3) is 5.91 Å². The number of carbonyl (C=O) groups is 1. The number of carbonyl (C=O) groups excluding carboxylic acids is 1. The number of morpholine rings is 1. The number of H-pyrrole nitrogens is 1. The number of aromatic amines is 1. The fourth-order valence-corrected chi connectivity index (χ4v) is 3.40. The summed E-state index contributed by atoms with van der Waals surface area (Å²) < 4.78 is 10.5. The zero-order chi connectivity index (χ0) is 19.2. The molecule has 1 saturated heterocycles. The molecule has 7 nitrogen and oxygen atoms in total. The molecule has 0 spiro atoms. The second kappa shape index (κ2) is 8.86. The Kier molecular flexibility index (Phi) is 5.84. The molecule has 0 saturated carbocycles. The first-order chi connectivity index (χ1) is 13.8. The SMILES string of the molecule is O=C(c1ccoc1)N(CCN1CCOCC1)Cc1cn[nH]c1-c1ccccc1. The van der Waals surface area contributed by atoms with Crippen LogP contribution in [0.5, 0.6) is 0 Å². The summed E-state index contributed by atoms with van der Waals surface area (Å²) in [6.45, 7) is 5.21. The maximum absolute atomic E-state index is 13.0. The molecule has 1 fully saturated rings. The number of amides is 1. The molecule has 1 aliphatic rings. The average Bonchev–Trinajstić information content (AvgIpc) is 3.44. The molecule has 146 valence electrons. The van der Waals surface area contributed by atoms with E-state index in [-0.39, 0.29) is 5.91 Å². The quantitative estimate of drug-likeness (QED) is 0.682. The lowest BCUT2D eigenvalue weighted by Crippen LogP contribution is -2.42. The highest BCUT2D eigenvalue weighted by Crippen LogP contribution is 2.22. The van der Waals surface area contributed by atoms with Crippen LogP contribution in [0.15, 0.2) is 59.5 Å². The molecule has 0 radical (unpaired) electrons. The number of benzene rings is 1. The third-order valence-electron chi connectivity index (χ3n) is 4.99. The Morgan fingerprint density at radius 2 is 2.00 bits per heavy atom. The van der Waals surface area contributed by atoms with Gasteiger partial charge in [0.1, 0.15) is 6.26 Å². The first-order valence-electron chi connectivity index (χ1n) is 9.50. The smallest absolute Gasteiger partial charge is 0.257 e. The van der Waals surface area contributed by atoms with Gasteiger partial charge in [0.2, 0.25) is 0 Å². The summed E-state index contributed by atoms with van der Waals surface area (Å²) >= 11 is 0. The van der Waals surface area contributed by atoms with E-state index in [0.717, 1.165) is 49.7 Å². The third kappa shape index (κ3) is 4.32. The standard InChI is InChI=1S/C21H24N4O3/c26-21(18-6-11-28-16-18)25(8-7-24-9-12-27-13-10-24)15-19-14-22-23-20(19)17-4-2-1-3-5-17/h1-6,11,14,16H,7-10,12-13,15H2,(H,22,23). The molecule has 3 aromatic rings. The predicted molar refractivity (Wildman–Crippen MR) is 105 cm³/mol. The number of hydrogen-bond donors (Lipinski definition) is 1. The summed E-state index contributed by atoms with van der Waals surface area (Å²) in [5.74, 6) is -0.0396.